The molecule has 0 fully saturated rings. The molecule has 0 aliphatic carbocycles. The summed E-state index contributed by atoms with van der Waals surface area (Å²) in [6, 6.07) is 17.7. The summed E-state index contributed by atoms with van der Waals surface area (Å²) in [5.74, 6) is -0.337. The van der Waals surface area contributed by atoms with Crippen LogP contribution in [0.3, 0.4) is 0 Å². The van der Waals surface area contributed by atoms with Crippen molar-refractivity contribution in [3.63, 3.8) is 0 Å². The van der Waals surface area contributed by atoms with Crippen molar-refractivity contribution in [1.82, 2.24) is 10.2 Å². The maximum Gasteiger partial charge on any atom is 0.339 e. The minimum Gasteiger partial charge on any atom is -0.487 e. The molecular formula is C18H16N2O3. The first-order valence-electron chi connectivity index (χ1n) is 7.20. The lowest BCUT2D eigenvalue weighted by Gasteiger charge is -2.07. The zero-order valence-corrected chi connectivity index (χ0v) is 12.6. The monoisotopic (exact) mass is 308 g/mol. The van der Waals surface area contributed by atoms with Crippen LogP contribution in [-0.2, 0) is 6.61 Å². The van der Waals surface area contributed by atoms with Crippen LogP contribution in [0.5, 0.6) is 5.75 Å². The van der Waals surface area contributed by atoms with Gasteiger partial charge in [-0.05, 0) is 30.2 Å². The molecule has 5 heteroatoms. The Morgan fingerprint density at radius 3 is 2.39 bits per heavy atom. The Hall–Kier alpha value is -3.08. The number of hydrogen-bond acceptors (Lipinski definition) is 3. The number of nitrogens with zero attached hydrogens (tertiary/aromatic N) is 1. The number of hydrogen-bond donors (Lipinski definition) is 2. The first kappa shape index (κ1) is 14.8. The molecule has 0 saturated heterocycles. The molecule has 0 amide bonds. The van der Waals surface area contributed by atoms with E-state index >= 15 is 0 Å². The van der Waals surface area contributed by atoms with E-state index in [1.54, 1.807) is 6.92 Å². The predicted molar refractivity (Wildman–Crippen MR) is 86.5 cm³/mol. The van der Waals surface area contributed by atoms with Crippen molar-refractivity contribution in [2.45, 2.75) is 13.5 Å². The number of aromatic nitrogens is 2. The number of aromatic carboxylic acids is 1. The van der Waals surface area contributed by atoms with E-state index in [4.69, 9.17) is 4.74 Å². The Balaban J connectivity index is 1.71. The summed E-state index contributed by atoms with van der Waals surface area (Å²) in [5, 5.41) is 15.8. The van der Waals surface area contributed by atoms with Crippen LogP contribution in [0.2, 0.25) is 0 Å². The van der Waals surface area contributed by atoms with Crippen molar-refractivity contribution >= 4 is 5.97 Å². The number of benzene rings is 2. The van der Waals surface area contributed by atoms with Gasteiger partial charge in [0.05, 0.1) is 0 Å². The highest BCUT2D eigenvalue weighted by Gasteiger charge is 2.17. The molecule has 0 spiro atoms. The van der Waals surface area contributed by atoms with Crippen LogP contribution in [0.25, 0.3) is 11.1 Å². The van der Waals surface area contributed by atoms with Gasteiger partial charge in [0.1, 0.15) is 23.6 Å². The number of carbonyl (C=O) groups is 1. The zero-order valence-electron chi connectivity index (χ0n) is 12.6. The molecule has 116 valence electrons. The van der Waals surface area contributed by atoms with Crippen LogP contribution >= 0.6 is 0 Å². The standard InChI is InChI=1S/C18H16N2O3/c1-12-17(18(21)22)16(20-19-12)11-23-15-9-7-14(8-10-15)13-5-3-2-4-6-13/h2-10H,11H2,1H3,(H,19,20)(H,21,22). The van der Waals surface area contributed by atoms with E-state index in [1.165, 1.54) is 0 Å². The number of nitrogens with one attached hydrogen (secondary N) is 1. The third-order valence-corrected chi connectivity index (χ3v) is 3.57. The Kier molecular flexibility index (Phi) is 4.10. The van der Waals surface area contributed by atoms with Crippen LogP contribution in [0.4, 0.5) is 0 Å². The van der Waals surface area contributed by atoms with E-state index in [-0.39, 0.29) is 12.2 Å². The van der Waals surface area contributed by atoms with Gasteiger partial charge in [0.25, 0.3) is 0 Å². The molecule has 2 aromatic carbocycles. The van der Waals surface area contributed by atoms with Crippen LogP contribution < -0.4 is 4.74 Å². The molecule has 0 unspecified atom stereocenters. The quantitative estimate of drug-likeness (QED) is 0.754. The van der Waals surface area contributed by atoms with Gasteiger partial charge < -0.3 is 9.84 Å². The topological polar surface area (TPSA) is 75.2 Å². The van der Waals surface area contributed by atoms with Gasteiger partial charge in [0, 0.05) is 5.69 Å². The highest BCUT2D eigenvalue weighted by molar-refractivity contribution is 5.90. The van der Waals surface area contributed by atoms with Gasteiger partial charge in [-0.1, -0.05) is 42.5 Å². The number of ether oxygens (including phenoxy) is 1. The average Bonchev–Trinajstić information content (AvgIpc) is 2.95. The van der Waals surface area contributed by atoms with E-state index < -0.39 is 5.97 Å². The number of H-pyrrole nitrogens is 1. The first-order valence-corrected chi connectivity index (χ1v) is 7.20. The lowest BCUT2D eigenvalue weighted by Crippen LogP contribution is -2.05. The number of carboxylic acid groups (broad SMARTS) is 1. The van der Waals surface area contributed by atoms with E-state index in [2.05, 4.69) is 10.2 Å². The van der Waals surface area contributed by atoms with E-state index in [0.717, 1.165) is 11.1 Å². The van der Waals surface area contributed by atoms with Gasteiger partial charge in [-0.2, -0.15) is 5.10 Å². The lowest BCUT2D eigenvalue weighted by atomic mass is 10.1. The van der Waals surface area contributed by atoms with Crippen molar-refractivity contribution < 1.29 is 14.6 Å². The summed E-state index contributed by atoms with van der Waals surface area (Å²) in [4.78, 5) is 11.2. The van der Waals surface area contributed by atoms with Gasteiger partial charge in [0.15, 0.2) is 0 Å². The molecule has 0 bridgehead atoms. The molecule has 0 saturated carbocycles. The molecule has 3 rings (SSSR count). The van der Waals surface area contributed by atoms with Gasteiger partial charge >= 0.3 is 5.97 Å². The van der Waals surface area contributed by atoms with Gasteiger partial charge in [-0.3, -0.25) is 5.10 Å². The van der Waals surface area contributed by atoms with Gasteiger partial charge in [0.2, 0.25) is 0 Å². The number of rotatable bonds is 5. The summed E-state index contributed by atoms with van der Waals surface area (Å²) in [6.45, 7) is 1.78. The largest absolute Gasteiger partial charge is 0.487 e. The number of carboxylic acids is 1. The molecule has 0 radical (unpaired) electrons. The molecule has 23 heavy (non-hydrogen) atoms. The Bertz CT molecular complexity index is 808. The maximum atomic E-state index is 11.2. The second-order valence-corrected chi connectivity index (χ2v) is 5.15. The van der Waals surface area contributed by atoms with Crippen molar-refractivity contribution in [2.24, 2.45) is 0 Å². The van der Waals surface area contributed by atoms with Crippen LogP contribution in [0, 0.1) is 6.92 Å². The predicted octanol–water partition coefficient (Wildman–Crippen LogP) is 3.66. The van der Waals surface area contributed by atoms with Crippen molar-refractivity contribution in [1.29, 1.82) is 0 Å². The second-order valence-electron chi connectivity index (χ2n) is 5.15. The SMILES string of the molecule is Cc1[nH]nc(COc2ccc(-c3ccccc3)cc2)c1C(=O)O. The number of aromatic amines is 1. The normalized spacial score (nSPS) is 10.5. The molecule has 2 N–H and O–H groups in total. The fraction of sp³-hybridized carbons (Fsp3) is 0.111. The fourth-order valence-electron chi connectivity index (χ4n) is 2.39. The van der Waals surface area contributed by atoms with Crippen molar-refractivity contribution in [2.75, 3.05) is 0 Å². The Morgan fingerprint density at radius 2 is 1.74 bits per heavy atom. The minimum absolute atomic E-state index is 0.108. The van der Waals surface area contributed by atoms with E-state index in [9.17, 15) is 9.90 Å². The van der Waals surface area contributed by atoms with E-state index in [1.807, 2.05) is 54.6 Å². The fourth-order valence-corrected chi connectivity index (χ4v) is 2.39. The summed E-state index contributed by atoms with van der Waals surface area (Å²) in [6.07, 6.45) is 0. The lowest BCUT2D eigenvalue weighted by molar-refractivity contribution is 0.0693. The Labute approximate surface area is 133 Å². The first-order chi connectivity index (χ1) is 11.1. The number of aryl methyl sites for hydroxylation is 1. The highest BCUT2D eigenvalue weighted by atomic mass is 16.5. The summed E-state index contributed by atoms with van der Waals surface area (Å²) in [5.41, 5.74) is 3.32. The van der Waals surface area contributed by atoms with Gasteiger partial charge in [-0.15, -0.1) is 0 Å². The molecule has 5 nitrogen and oxygen atoms in total. The molecule has 1 heterocycles. The Morgan fingerprint density at radius 1 is 1.09 bits per heavy atom. The second kappa shape index (κ2) is 6.36. The molecule has 1 aromatic heterocycles. The smallest absolute Gasteiger partial charge is 0.339 e. The maximum absolute atomic E-state index is 11.2. The average molecular weight is 308 g/mol. The summed E-state index contributed by atoms with van der Waals surface area (Å²) >= 11 is 0. The van der Waals surface area contributed by atoms with Crippen LogP contribution in [-0.4, -0.2) is 21.3 Å². The summed E-state index contributed by atoms with van der Waals surface area (Å²) < 4.78 is 5.64. The molecule has 0 aliphatic heterocycles. The molecular weight excluding hydrogens is 292 g/mol. The van der Waals surface area contributed by atoms with Crippen LogP contribution in [0.15, 0.2) is 54.6 Å². The van der Waals surface area contributed by atoms with Crippen LogP contribution in [0.1, 0.15) is 21.7 Å². The minimum atomic E-state index is -1.01. The van der Waals surface area contributed by atoms with Crippen molar-refractivity contribution in [3.8, 4) is 16.9 Å². The highest BCUT2D eigenvalue weighted by Crippen LogP contribution is 2.23. The van der Waals surface area contributed by atoms with E-state index in [0.29, 0.717) is 17.1 Å². The third kappa shape index (κ3) is 3.23. The van der Waals surface area contributed by atoms with Gasteiger partial charge in [-0.25, -0.2) is 4.79 Å². The third-order valence-electron chi connectivity index (χ3n) is 3.57. The zero-order chi connectivity index (χ0) is 16.2. The molecule has 3 aromatic rings. The summed E-state index contributed by atoms with van der Waals surface area (Å²) in [7, 11) is 0. The van der Waals surface area contributed by atoms with Crippen molar-refractivity contribution in [3.05, 3.63) is 71.5 Å². The molecule has 0 aliphatic rings. The molecule has 0 atom stereocenters.